The SMILES string of the molecule is O=C(NCCC(=O)N1CCCC1)c1ccc2c3c(cccc13)CC2. The monoisotopic (exact) mass is 322 g/mol. The van der Waals surface area contributed by atoms with Gasteiger partial charge in [0.2, 0.25) is 5.91 Å². The molecule has 0 bridgehead atoms. The first-order valence-electron chi connectivity index (χ1n) is 8.83. The van der Waals surface area contributed by atoms with E-state index in [0.29, 0.717) is 18.5 Å². The molecule has 1 saturated heterocycles. The van der Waals surface area contributed by atoms with Gasteiger partial charge < -0.3 is 10.2 Å². The first-order chi connectivity index (χ1) is 11.7. The van der Waals surface area contributed by atoms with E-state index in [1.54, 1.807) is 0 Å². The van der Waals surface area contributed by atoms with Gasteiger partial charge in [0.15, 0.2) is 0 Å². The molecular weight excluding hydrogens is 300 g/mol. The van der Waals surface area contributed by atoms with Gasteiger partial charge in [-0.25, -0.2) is 0 Å². The van der Waals surface area contributed by atoms with E-state index in [1.807, 2.05) is 23.1 Å². The molecule has 2 aromatic rings. The molecule has 1 aliphatic heterocycles. The number of amides is 2. The van der Waals surface area contributed by atoms with Crippen LogP contribution in [0.4, 0.5) is 0 Å². The standard InChI is InChI=1S/C20H22N2O2/c23-18(22-12-1-2-13-22)10-11-21-20(24)17-9-8-15-7-6-14-4-3-5-16(17)19(14)15/h3-5,8-9H,1-2,6-7,10-13H2,(H,21,24). The van der Waals surface area contributed by atoms with Crippen LogP contribution >= 0.6 is 0 Å². The first kappa shape index (κ1) is 15.2. The molecule has 24 heavy (non-hydrogen) atoms. The summed E-state index contributed by atoms with van der Waals surface area (Å²) in [4.78, 5) is 26.5. The van der Waals surface area contributed by atoms with E-state index >= 15 is 0 Å². The van der Waals surface area contributed by atoms with E-state index in [2.05, 4.69) is 17.4 Å². The highest BCUT2D eigenvalue weighted by molar-refractivity contribution is 6.09. The van der Waals surface area contributed by atoms with Crippen molar-refractivity contribution < 1.29 is 9.59 Å². The van der Waals surface area contributed by atoms with E-state index in [-0.39, 0.29) is 11.8 Å². The molecule has 4 heteroatoms. The molecule has 1 N–H and O–H groups in total. The van der Waals surface area contributed by atoms with E-state index < -0.39 is 0 Å². The lowest BCUT2D eigenvalue weighted by Gasteiger charge is -2.15. The highest BCUT2D eigenvalue weighted by Crippen LogP contribution is 2.32. The lowest BCUT2D eigenvalue weighted by molar-refractivity contribution is -0.129. The van der Waals surface area contributed by atoms with E-state index in [0.717, 1.165) is 44.2 Å². The van der Waals surface area contributed by atoms with E-state index in [1.165, 1.54) is 16.5 Å². The number of rotatable bonds is 4. The normalized spacial score (nSPS) is 15.9. The Labute approximate surface area is 141 Å². The third-order valence-corrected chi connectivity index (χ3v) is 5.20. The Morgan fingerprint density at radius 1 is 1.00 bits per heavy atom. The summed E-state index contributed by atoms with van der Waals surface area (Å²) in [5.41, 5.74) is 3.38. The van der Waals surface area contributed by atoms with Crippen LogP contribution in [0.5, 0.6) is 0 Å². The molecule has 1 aliphatic carbocycles. The van der Waals surface area contributed by atoms with Crippen molar-refractivity contribution in [2.45, 2.75) is 32.1 Å². The van der Waals surface area contributed by atoms with Crippen LogP contribution in [0.3, 0.4) is 0 Å². The van der Waals surface area contributed by atoms with E-state index in [4.69, 9.17) is 0 Å². The predicted molar refractivity (Wildman–Crippen MR) is 94.1 cm³/mol. The summed E-state index contributed by atoms with van der Waals surface area (Å²) in [5, 5.41) is 5.20. The summed E-state index contributed by atoms with van der Waals surface area (Å²) < 4.78 is 0. The lowest BCUT2D eigenvalue weighted by atomic mass is 9.99. The Morgan fingerprint density at radius 2 is 1.75 bits per heavy atom. The number of nitrogens with one attached hydrogen (secondary N) is 1. The van der Waals surface area contributed by atoms with E-state index in [9.17, 15) is 9.59 Å². The molecule has 4 nitrogen and oxygen atoms in total. The smallest absolute Gasteiger partial charge is 0.251 e. The molecule has 124 valence electrons. The Morgan fingerprint density at radius 3 is 2.54 bits per heavy atom. The molecule has 2 aromatic carbocycles. The molecule has 0 aromatic heterocycles. The van der Waals surface area contributed by atoms with Crippen LogP contribution in [0.2, 0.25) is 0 Å². The fourth-order valence-corrected chi connectivity index (χ4v) is 3.95. The Hall–Kier alpha value is -2.36. The molecule has 2 amide bonds. The van der Waals surface area contributed by atoms with Gasteiger partial charge in [-0.2, -0.15) is 0 Å². The van der Waals surface area contributed by atoms with Gasteiger partial charge in [-0.1, -0.05) is 24.3 Å². The van der Waals surface area contributed by atoms with Gasteiger partial charge in [-0.05, 0) is 53.6 Å². The number of carbonyl (C=O) groups is 2. The topological polar surface area (TPSA) is 49.4 Å². The minimum atomic E-state index is -0.0835. The second-order valence-electron chi connectivity index (χ2n) is 6.71. The number of hydrogen-bond acceptors (Lipinski definition) is 2. The summed E-state index contributed by atoms with van der Waals surface area (Å²) in [6.07, 6.45) is 4.69. The molecule has 0 saturated carbocycles. The molecule has 1 fully saturated rings. The van der Waals surface area contributed by atoms with Crippen molar-refractivity contribution in [2.24, 2.45) is 0 Å². The summed E-state index contributed by atoms with van der Waals surface area (Å²) >= 11 is 0. The Kier molecular flexibility index (Phi) is 3.97. The number of carbonyl (C=O) groups excluding carboxylic acids is 2. The van der Waals surface area contributed by atoms with Gasteiger partial charge in [0, 0.05) is 31.6 Å². The van der Waals surface area contributed by atoms with Crippen LogP contribution in [0, 0.1) is 0 Å². The highest BCUT2D eigenvalue weighted by Gasteiger charge is 2.20. The third-order valence-electron chi connectivity index (χ3n) is 5.20. The minimum absolute atomic E-state index is 0.0835. The number of likely N-dealkylation sites (tertiary alicyclic amines) is 1. The molecule has 0 radical (unpaired) electrons. The predicted octanol–water partition coefficient (Wildman–Crippen LogP) is 2.68. The van der Waals surface area contributed by atoms with Crippen LogP contribution in [0.1, 0.15) is 40.7 Å². The summed E-state index contributed by atoms with van der Waals surface area (Å²) in [7, 11) is 0. The molecular formula is C20H22N2O2. The summed E-state index contributed by atoms with van der Waals surface area (Å²) in [6, 6.07) is 10.2. The van der Waals surface area contributed by atoms with Crippen molar-refractivity contribution in [1.82, 2.24) is 10.2 Å². The molecule has 0 atom stereocenters. The second-order valence-corrected chi connectivity index (χ2v) is 6.71. The van der Waals surface area contributed by atoms with Crippen molar-refractivity contribution in [2.75, 3.05) is 19.6 Å². The Bertz CT molecular complexity index is 796. The van der Waals surface area contributed by atoms with Crippen molar-refractivity contribution in [3.63, 3.8) is 0 Å². The van der Waals surface area contributed by atoms with Crippen molar-refractivity contribution in [3.8, 4) is 0 Å². The van der Waals surface area contributed by atoms with Crippen LogP contribution in [-0.4, -0.2) is 36.3 Å². The maximum Gasteiger partial charge on any atom is 0.251 e. The minimum Gasteiger partial charge on any atom is -0.352 e. The maximum atomic E-state index is 12.6. The zero-order chi connectivity index (χ0) is 16.5. The average molecular weight is 322 g/mol. The van der Waals surface area contributed by atoms with Crippen LogP contribution < -0.4 is 5.32 Å². The first-order valence-corrected chi connectivity index (χ1v) is 8.83. The van der Waals surface area contributed by atoms with Crippen LogP contribution in [-0.2, 0) is 17.6 Å². The van der Waals surface area contributed by atoms with Gasteiger partial charge in [-0.3, -0.25) is 9.59 Å². The molecule has 4 rings (SSSR count). The van der Waals surface area contributed by atoms with Crippen molar-refractivity contribution in [1.29, 1.82) is 0 Å². The largest absolute Gasteiger partial charge is 0.352 e. The van der Waals surface area contributed by atoms with Crippen molar-refractivity contribution in [3.05, 3.63) is 47.0 Å². The van der Waals surface area contributed by atoms with Gasteiger partial charge >= 0.3 is 0 Å². The number of aryl methyl sites for hydroxylation is 2. The second kappa shape index (κ2) is 6.27. The zero-order valence-corrected chi connectivity index (χ0v) is 13.8. The van der Waals surface area contributed by atoms with Gasteiger partial charge in [0.25, 0.3) is 5.91 Å². The van der Waals surface area contributed by atoms with Gasteiger partial charge in [0.05, 0.1) is 0 Å². The average Bonchev–Trinajstić information content (AvgIpc) is 3.26. The maximum absolute atomic E-state index is 12.6. The van der Waals surface area contributed by atoms with Crippen LogP contribution in [0.15, 0.2) is 30.3 Å². The quantitative estimate of drug-likeness (QED) is 0.941. The van der Waals surface area contributed by atoms with Gasteiger partial charge in [0.1, 0.15) is 0 Å². The lowest BCUT2D eigenvalue weighted by Crippen LogP contribution is -2.32. The molecule has 1 heterocycles. The number of benzene rings is 2. The third kappa shape index (κ3) is 2.66. The Balaban J connectivity index is 1.45. The zero-order valence-electron chi connectivity index (χ0n) is 13.8. The summed E-state index contributed by atoms with van der Waals surface area (Å²) in [6.45, 7) is 2.13. The van der Waals surface area contributed by atoms with Crippen LogP contribution in [0.25, 0.3) is 10.8 Å². The number of hydrogen-bond donors (Lipinski definition) is 1. The van der Waals surface area contributed by atoms with Crippen molar-refractivity contribution >= 4 is 22.6 Å². The molecule has 2 aliphatic rings. The highest BCUT2D eigenvalue weighted by atomic mass is 16.2. The number of nitrogens with zero attached hydrogens (tertiary/aromatic N) is 1. The fraction of sp³-hybridized carbons (Fsp3) is 0.400. The molecule has 0 unspecified atom stereocenters. The fourth-order valence-electron chi connectivity index (χ4n) is 3.95. The molecule has 0 spiro atoms. The summed E-state index contributed by atoms with van der Waals surface area (Å²) in [5.74, 6) is 0.0630. The van der Waals surface area contributed by atoms with Gasteiger partial charge in [-0.15, -0.1) is 0 Å².